The van der Waals surface area contributed by atoms with Crippen LogP contribution in [0.1, 0.15) is 38.7 Å². The molecule has 1 heterocycles. The lowest BCUT2D eigenvalue weighted by Crippen LogP contribution is -2.20. The molecule has 4 nitrogen and oxygen atoms in total. The summed E-state index contributed by atoms with van der Waals surface area (Å²) in [7, 11) is 0. The third kappa shape index (κ3) is 2.86. The van der Waals surface area contributed by atoms with Crippen molar-refractivity contribution in [1.29, 1.82) is 5.26 Å². The van der Waals surface area contributed by atoms with Gasteiger partial charge in [-0.3, -0.25) is 0 Å². The number of rotatable bonds is 5. The number of aromatic nitrogens is 1. The van der Waals surface area contributed by atoms with E-state index in [1.54, 1.807) is 12.3 Å². The van der Waals surface area contributed by atoms with E-state index < -0.39 is 0 Å². The van der Waals surface area contributed by atoms with E-state index in [4.69, 9.17) is 11.0 Å². The maximum Gasteiger partial charge on any atom is 0.150 e. The molecule has 0 aliphatic heterocycles. The molecule has 0 bridgehead atoms. The van der Waals surface area contributed by atoms with Gasteiger partial charge in [0.2, 0.25) is 0 Å². The van der Waals surface area contributed by atoms with Crippen molar-refractivity contribution >= 4 is 11.5 Å². The molecule has 0 spiro atoms. The van der Waals surface area contributed by atoms with Crippen molar-refractivity contribution in [2.45, 2.75) is 39.2 Å². The van der Waals surface area contributed by atoms with E-state index in [9.17, 15) is 0 Å². The summed E-state index contributed by atoms with van der Waals surface area (Å²) in [5.41, 5.74) is 6.77. The SMILES string of the molecule is CCCC(CC)Nc1nccc(C#N)c1N. The molecule has 1 atom stereocenters. The first-order valence-corrected chi connectivity index (χ1v) is 5.64. The number of hydrogen-bond acceptors (Lipinski definition) is 4. The molecule has 16 heavy (non-hydrogen) atoms. The van der Waals surface area contributed by atoms with Crippen LogP contribution in [0, 0.1) is 11.3 Å². The quantitative estimate of drug-likeness (QED) is 0.796. The van der Waals surface area contributed by atoms with E-state index in [2.05, 4.69) is 30.2 Å². The maximum atomic E-state index is 8.85. The van der Waals surface area contributed by atoms with Gasteiger partial charge in [0.15, 0.2) is 5.82 Å². The first kappa shape index (κ1) is 12.3. The van der Waals surface area contributed by atoms with Gasteiger partial charge < -0.3 is 11.1 Å². The van der Waals surface area contributed by atoms with Crippen LogP contribution in [0.25, 0.3) is 0 Å². The molecule has 1 rings (SSSR count). The lowest BCUT2D eigenvalue weighted by atomic mass is 10.1. The Labute approximate surface area is 96.5 Å². The molecular formula is C12H18N4. The summed E-state index contributed by atoms with van der Waals surface area (Å²) in [5, 5.41) is 12.1. The summed E-state index contributed by atoms with van der Waals surface area (Å²) in [6.45, 7) is 4.27. The van der Waals surface area contributed by atoms with E-state index in [1.165, 1.54) is 0 Å². The molecule has 1 aromatic rings. The van der Waals surface area contributed by atoms with Gasteiger partial charge in [0.05, 0.1) is 11.3 Å². The first-order chi connectivity index (χ1) is 7.72. The highest BCUT2D eigenvalue weighted by atomic mass is 15.0. The Balaban J connectivity index is 2.84. The number of nitriles is 1. The van der Waals surface area contributed by atoms with E-state index in [-0.39, 0.29) is 0 Å². The fourth-order valence-electron chi connectivity index (χ4n) is 1.61. The number of anilines is 2. The second-order valence-corrected chi connectivity index (χ2v) is 3.77. The van der Waals surface area contributed by atoms with Crippen LogP contribution in [0.5, 0.6) is 0 Å². The molecule has 0 aromatic carbocycles. The van der Waals surface area contributed by atoms with Crippen molar-refractivity contribution in [2.75, 3.05) is 11.1 Å². The molecule has 0 fully saturated rings. The normalized spacial score (nSPS) is 11.8. The van der Waals surface area contributed by atoms with Crippen molar-refractivity contribution in [3.63, 3.8) is 0 Å². The molecular weight excluding hydrogens is 200 g/mol. The number of pyridine rings is 1. The van der Waals surface area contributed by atoms with Crippen LogP contribution < -0.4 is 11.1 Å². The topological polar surface area (TPSA) is 74.7 Å². The number of hydrogen-bond donors (Lipinski definition) is 2. The van der Waals surface area contributed by atoms with E-state index in [1.807, 2.05) is 0 Å². The molecule has 0 aliphatic carbocycles. The van der Waals surface area contributed by atoms with E-state index in [0.29, 0.717) is 23.1 Å². The monoisotopic (exact) mass is 218 g/mol. The van der Waals surface area contributed by atoms with Crippen molar-refractivity contribution in [2.24, 2.45) is 0 Å². The minimum absolute atomic E-state index is 0.369. The van der Waals surface area contributed by atoms with E-state index in [0.717, 1.165) is 19.3 Å². The Kier molecular flexibility index (Phi) is 4.59. The molecule has 1 aromatic heterocycles. The molecule has 0 radical (unpaired) electrons. The zero-order chi connectivity index (χ0) is 12.0. The van der Waals surface area contributed by atoms with Crippen LogP contribution in [0.2, 0.25) is 0 Å². The smallest absolute Gasteiger partial charge is 0.150 e. The van der Waals surface area contributed by atoms with Gasteiger partial charge in [0.25, 0.3) is 0 Å². The summed E-state index contributed by atoms with van der Waals surface area (Å²) >= 11 is 0. The lowest BCUT2D eigenvalue weighted by molar-refractivity contribution is 0.621. The molecule has 1 unspecified atom stereocenters. The Morgan fingerprint density at radius 3 is 2.88 bits per heavy atom. The Morgan fingerprint density at radius 1 is 1.56 bits per heavy atom. The largest absolute Gasteiger partial charge is 0.395 e. The predicted octanol–water partition coefficient (Wildman–Crippen LogP) is 2.53. The van der Waals surface area contributed by atoms with Gasteiger partial charge in [-0.2, -0.15) is 5.26 Å². The number of nitrogens with one attached hydrogen (secondary N) is 1. The van der Waals surface area contributed by atoms with Crippen molar-refractivity contribution < 1.29 is 0 Å². The minimum Gasteiger partial charge on any atom is -0.395 e. The van der Waals surface area contributed by atoms with Crippen LogP contribution in [0.15, 0.2) is 12.3 Å². The zero-order valence-electron chi connectivity index (χ0n) is 9.83. The second kappa shape index (κ2) is 5.96. The van der Waals surface area contributed by atoms with Crippen molar-refractivity contribution in [1.82, 2.24) is 4.98 Å². The summed E-state index contributed by atoms with van der Waals surface area (Å²) in [5.74, 6) is 0.624. The lowest BCUT2D eigenvalue weighted by Gasteiger charge is -2.18. The fourth-order valence-corrected chi connectivity index (χ4v) is 1.61. The van der Waals surface area contributed by atoms with Gasteiger partial charge in [0.1, 0.15) is 6.07 Å². The zero-order valence-corrected chi connectivity index (χ0v) is 9.83. The highest BCUT2D eigenvalue weighted by Gasteiger charge is 2.10. The van der Waals surface area contributed by atoms with Gasteiger partial charge in [-0.15, -0.1) is 0 Å². The molecule has 3 N–H and O–H groups in total. The third-order valence-electron chi connectivity index (χ3n) is 2.58. The van der Waals surface area contributed by atoms with E-state index >= 15 is 0 Å². The van der Waals surface area contributed by atoms with Gasteiger partial charge in [-0.05, 0) is 18.9 Å². The highest BCUT2D eigenvalue weighted by Crippen LogP contribution is 2.21. The van der Waals surface area contributed by atoms with Crippen LogP contribution in [-0.4, -0.2) is 11.0 Å². The molecule has 86 valence electrons. The molecule has 0 saturated carbocycles. The van der Waals surface area contributed by atoms with Crippen LogP contribution in [-0.2, 0) is 0 Å². The van der Waals surface area contributed by atoms with Gasteiger partial charge in [-0.1, -0.05) is 20.3 Å². The molecule has 0 aliphatic rings. The van der Waals surface area contributed by atoms with Gasteiger partial charge in [0, 0.05) is 12.2 Å². The summed E-state index contributed by atoms with van der Waals surface area (Å²) in [6.07, 6.45) is 4.82. The Morgan fingerprint density at radius 2 is 2.31 bits per heavy atom. The second-order valence-electron chi connectivity index (χ2n) is 3.77. The standard InChI is InChI=1S/C12H18N4/c1-3-5-10(4-2)16-12-11(14)9(8-13)6-7-15-12/h6-7,10H,3-5,14H2,1-2H3,(H,15,16). The predicted molar refractivity (Wildman–Crippen MR) is 66.0 cm³/mol. The molecule has 4 heteroatoms. The minimum atomic E-state index is 0.369. The average Bonchev–Trinajstić information content (AvgIpc) is 2.31. The van der Waals surface area contributed by atoms with Crippen molar-refractivity contribution in [3.8, 4) is 6.07 Å². The average molecular weight is 218 g/mol. The molecule has 0 saturated heterocycles. The molecule has 0 amide bonds. The van der Waals surface area contributed by atoms with Crippen LogP contribution in [0.4, 0.5) is 11.5 Å². The summed E-state index contributed by atoms with van der Waals surface area (Å²) in [6, 6.07) is 4.05. The number of nitrogens with zero attached hydrogens (tertiary/aromatic N) is 2. The Hall–Kier alpha value is -1.76. The summed E-state index contributed by atoms with van der Waals surface area (Å²) in [4.78, 5) is 4.17. The van der Waals surface area contributed by atoms with Crippen LogP contribution in [0.3, 0.4) is 0 Å². The fraction of sp³-hybridized carbons (Fsp3) is 0.500. The summed E-state index contributed by atoms with van der Waals surface area (Å²) < 4.78 is 0. The third-order valence-corrected chi connectivity index (χ3v) is 2.58. The Bertz CT molecular complexity index is 381. The first-order valence-electron chi connectivity index (χ1n) is 5.64. The number of nitrogen functional groups attached to an aromatic ring is 1. The highest BCUT2D eigenvalue weighted by molar-refractivity contribution is 5.69. The van der Waals surface area contributed by atoms with Crippen molar-refractivity contribution in [3.05, 3.63) is 17.8 Å². The van der Waals surface area contributed by atoms with Gasteiger partial charge >= 0.3 is 0 Å². The number of nitrogens with two attached hydrogens (primary N) is 1. The maximum absolute atomic E-state index is 8.85. The van der Waals surface area contributed by atoms with Gasteiger partial charge in [-0.25, -0.2) is 4.98 Å². The van der Waals surface area contributed by atoms with Crippen LogP contribution >= 0.6 is 0 Å².